The smallest absolute Gasteiger partial charge is 0.243 e. The fourth-order valence-corrected chi connectivity index (χ4v) is 4.95. The summed E-state index contributed by atoms with van der Waals surface area (Å²) >= 11 is 0. The number of carbonyl (C=O) groups is 1. The van der Waals surface area contributed by atoms with Gasteiger partial charge in [0.2, 0.25) is 10.0 Å². The minimum atomic E-state index is -3.47. The number of Topliss-reactive ketones (excluding diaryl/α,β-unsaturated/α-hetero) is 1. The lowest BCUT2D eigenvalue weighted by Gasteiger charge is -2.35. The van der Waals surface area contributed by atoms with E-state index in [2.05, 4.69) is 4.90 Å². The molecule has 2 aromatic rings. The molecule has 0 radical (unpaired) electrons. The van der Waals surface area contributed by atoms with Crippen LogP contribution in [0.4, 0.5) is 5.69 Å². The van der Waals surface area contributed by atoms with Gasteiger partial charge in [-0.05, 0) is 56.7 Å². The second-order valence-electron chi connectivity index (χ2n) is 6.76. The minimum Gasteiger partial charge on any atom is -0.369 e. The number of benzene rings is 2. The fraction of sp³-hybridized carbons (Fsp3) is 0.350. The first kappa shape index (κ1) is 18.6. The van der Waals surface area contributed by atoms with Crippen LogP contribution in [0.1, 0.15) is 28.4 Å². The van der Waals surface area contributed by atoms with Crippen LogP contribution < -0.4 is 4.90 Å². The number of ketones is 1. The SMILES string of the molecule is CC(=O)c1ccc(N2CCN(S(=O)(=O)c3ccc(C)cc3C)CC2)cc1. The van der Waals surface area contributed by atoms with Crippen molar-refractivity contribution in [1.29, 1.82) is 0 Å². The summed E-state index contributed by atoms with van der Waals surface area (Å²) in [6.07, 6.45) is 0. The molecule has 0 spiro atoms. The average molecular weight is 372 g/mol. The maximum atomic E-state index is 13.0. The van der Waals surface area contributed by atoms with E-state index >= 15 is 0 Å². The van der Waals surface area contributed by atoms with E-state index in [-0.39, 0.29) is 5.78 Å². The second kappa shape index (κ2) is 7.21. The monoisotopic (exact) mass is 372 g/mol. The molecule has 0 amide bonds. The number of hydrogen-bond donors (Lipinski definition) is 0. The minimum absolute atomic E-state index is 0.0425. The molecule has 1 fully saturated rings. The fourth-order valence-electron chi connectivity index (χ4n) is 3.32. The lowest BCUT2D eigenvalue weighted by molar-refractivity contribution is 0.101. The molecule has 1 saturated heterocycles. The lowest BCUT2D eigenvalue weighted by Crippen LogP contribution is -2.48. The van der Waals surface area contributed by atoms with Crippen molar-refractivity contribution in [3.8, 4) is 0 Å². The summed E-state index contributed by atoms with van der Waals surface area (Å²) in [5.41, 5.74) is 3.54. The second-order valence-corrected chi connectivity index (χ2v) is 8.67. The van der Waals surface area contributed by atoms with Gasteiger partial charge in [0.15, 0.2) is 5.78 Å². The predicted octanol–water partition coefficient (Wildman–Crippen LogP) is 3.02. The summed E-state index contributed by atoms with van der Waals surface area (Å²) in [5, 5.41) is 0. The van der Waals surface area contributed by atoms with Crippen molar-refractivity contribution in [1.82, 2.24) is 4.31 Å². The topological polar surface area (TPSA) is 57.7 Å². The Morgan fingerprint density at radius 1 is 0.923 bits per heavy atom. The molecule has 0 saturated carbocycles. The highest BCUT2D eigenvalue weighted by atomic mass is 32.2. The molecule has 26 heavy (non-hydrogen) atoms. The maximum absolute atomic E-state index is 13.0. The molecule has 6 heteroatoms. The zero-order valence-corrected chi connectivity index (χ0v) is 16.2. The zero-order valence-electron chi connectivity index (χ0n) is 15.4. The molecule has 1 aliphatic heterocycles. The molecule has 0 bridgehead atoms. The number of sulfonamides is 1. The predicted molar refractivity (Wildman–Crippen MR) is 103 cm³/mol. The van der Waals surface area contributed by atoms with Gasteiger partial charge in [-0.25, -0.2) is 8.42 Å². The van der Waals surface area contributed by atoms with E-state index in [9.17, 15) is 13.2 Å². The number of hydrogen-bond acceptors (Lipinski definition) is 4. The van der Waals surface area contributed by atoms with Gasteiger partial charge < -0.3 is 4.90 Å². The molecular weight excluding hydrogens is 348 g/mol. The van der Waals surface area contributed by atoms with Gasteiger partial charge in [-0.2, -0.15) is 4.31 Å². The molecule has 3 rings (SSSR count). The van der Waals surface area contributed by atoms with E-state index in [1.807, 2.05) is 50.2 Å². The Morgan fingerprint density at radius 3 is 2.08 bits per heavy atom. The van der Waals surface area contributed by atoms with Gasteiger partial charge in [0.25, 0.3) is 0 Å². The summed E-state index contributed by atoms with van der Waals surface area (Å²) in [4.78, 5) is 13.9. The molecule has 0 atom stereocenters. The van der Waals surface area contributed by atoms with Crippen molar-refractivity contribution >= 4 is 21.5 Å². The van der Waals surface area contributed by atoms with Gasteiger partial charge in [0, 0.05) is 37.4 Å². The van der Waals surface area contributed by atoms with E-state index in [1.165, 1.54) is 0 Å². The number of piperazine rings is 1. The van der Waals surface area contributed by atoms with Crippen LogP contribution in [-0.2, 0) is 10.0 Å². The van der Waals surface area contributed by atoms with Gasteiger partial charge in [0.1, 0.15) is 0 Å². The molecule has 5 nitrogen and oxygen atoms in total. The van der Waals surface area contributed by atoms with E-state index in [4.69, 9.17) is 0 Å². The summed E-state index contributed by atoms with van der Waals surface area (Å²) in [6.45, 7) is 7.50. The number of nitrogens with zero attached hydrogens (tertiary/aromatic N) is 2. The molecule has 0 aromatic heterocycles. The lowest BCUT2D eigenvalue weighted by atomic mass is 10.1. The van der Waals surface area contributed by atoms with Gasteiger partial charge in [-0.3, -0.25) is 4.79 Å². The highest BCUT2D eigenvalue weighted by molar-refractivity contribution is 7.89. The van der Waals surface area contributed by atoms with Crippen molar-refractivity contribution < 1.29 is 13.2 Å². The quantitative estimate of drug-likeness (QED) is 0.774. The van der Waals surface area contributed by atoms with Gasteiger partial charge in [-0.1, -0.05) is 17.7 Å². The molecule has 0 unspecified atom stereocenters. The summed E-state index contributed by atoms with van der Waals surface area (Å²) in [6, 6.07) is 12.9. The number of carbonyl (C=O) groups excluding carboxylic acids is 1. The highest BCUT2D eigenvalue weighted by Crippen LogP contribution is 2.24. The highest BCUT2D eigenvalue weighted by Gasteiger charge is 2.29. The van der Waals surface area contributed by atoms with Crippen LogP contribution in [0.2, 0.25) is 0 Å². The normalized spacial score (nSPS) is 15.9. The summed E-state index contributed by atoms with van der Waals surface area (Å²) < 4.78 is 27.5. The van der Waals surface area contributed by atoms with Crippen LogP contribution in [0, 0.1) is 13.8 Å². The molecular formula is C20H24N2O3S. The zero-order chi connectivity index (χ0) is 18.9. The Kier molecular flexibility index (Phi) is 5.16. The Balaban J connectivity index is 1.72. The largest absolute Gasteiger partial charge is 0.369 e. The van der Waals surface area contributed by atoms with Crippen LogP contribution in [0.25, 0.3) is 0 Å². The van der Waals surface area contributed by atoms with Crippen LogP contribution in [0.15, 0.2) is 47.4 Å². The molecule has 1 aliphatic rings. The first-order valence-corrected chi connectivity index (χ1v) is 10.2. The summed E-state index contributed by atoms with van der Waals surface area (Å²) in [5.74, 6) is 0.0425. The molecule has 1 heterocycles. The molecule has 0 N–H and O–H groups in total. The van der Waals surface area contributed by atoms with E-state index in [0.717, 1.165) is 16.8 Å². The molecule has 2 aromatic carbocycles. The third kappa shape index (κ3) is 3.66. The third-order valence-corrected chi connectivity index (χ3v) is 6.88. The van der Waals surface area contributed by atoms with Gasteiger partial charge in [0.05, 0.1) is 4.90 Å². The summed E-state index contributed by atoms with van der Waals surface area (Å²) in [7, 11) is -3.47. The van der Waals surface area contributed by atoms with Crippen molar-refractivity contribution in [2.45, 2.75) is 25.7 Å². The maximum Gasteiger partial charge on any atom is 0.243 e. The van der Waals surface area contributed by atoms with E-state index in [1.54, 1.807) is 17.3 Å². The Labute approximate surface area is 155 Å². The average Bonchev–Trinajstić information content (AvgIpc) is 2.61. The van der Waals surface area contributed by atoms with Crippen LogP contribution in [-0.4, -0.2) is 44.7 Å². The van der Waals surface area contributed by atoms with Crippen LogP contribution in [0.3, 0.4) is 0 Å². The standard InChI is InChI=1S/C20H24N2O3S/c1-15-4-9-20(16(2)14-15)26(24,25)22-12-10-21(11-13-22)19-7-5-18(6-8-19)17(3)23/h4-9,14H,10-13H2,1-3H3. The van der Waals surface area contributed by atoms with Gasteiger partial charge in [-0.15, -0.1) is 0 Å². The Morgan fingerprint density at radius 2 is 1.54 bits per heavy atom. The molecule has 138 valence electrons. The van der Waals surface area contributed by atoms with E-state index < -0.39 is 10.0 Å². The molecule has 0 aliphatic carbocycles. The number of anilines is 1. The number of rotatable bonds is 4. The van der Waals surface area contributed by atoms with Crippen LogP contribution >= 0.6 is 0 Å². The Bertz CT molecular complexity index is 913. The number of aryl methyl sites for hydroxylation is 2. The first-order valence-electron chi connectivity index (χ1n) is 8.72. The first-order chi connectivity index (χ1) is 12.3. The van der Waals surface area contributed by atoms with Crippen molar-refractivity contribution in [2.24, 2.45) is 0 Å². The van der Waals surface area contributed by atoms with Gasteiger partial charge >= 0.3 is 0 Å². The van der Waals surface area contributed by atoms with Crippen LogP contribution in [0.5, 0.6) is 0 Å². The van der Waals surface area contributed by atoms with E-state index in [0.29, 0.717) is 36.6 Å². The third-order valence-electron chi connectivity index (χ3n) is 4.83. The van der Waals surface area contributed by atoms with Crippen molar-refractivity contribution in [2.75, 3.05) is 31.1 Å². The Hall–Kier alpha value is -2.18. The van der Waals surface area contributed by atoms with Crippen molar-refractivity contribution in [3.05, 3.63) is 59.2 Å². The van der Waals surface area contributed by atoms with Crippen molar-refractivity contribution in [3.63, 3.8) is 0 Å².